The van der Waals surface area contributed by atoms with Crippen molar-refractivity contribution in [1.82, 2.24) is 20.1 Å². The summed E-state index contributed by atoms with van der Waals surface area (Å²) in [6.07, 6.45) is 3.17. The minimum absolute atomic E-state index is 0.747. The van der Waals surface area contributed by atoms with Gasteiger partial charge in [0.2, 0.25) is 0 Å². The SMILES string of the molecule is Clc1ccc2c(N3CCN(CCCN4CCNCC4)CC3)ccnc2c1. The van der Waals surface area contributed by atoms with Gasteiger partial charge in [-0.15, -0.1) is 0 Å². The molecular formula is C20H28ClN5. The Balaban J connectivity index is 1.29. The molecule has 0 amide bonds. The van der Waals surface area contributed by atoms with E-state index in [1.165, 1.54) is 43.7 Å². The minimum atomic E-state index is 0.747. The Labute approximate surface area is 160 Å². The molecule has 0 atom stereocenters. The van der Waals surface area contributed by atoms with Crippen LogP contribution >= 0.6 is 11.6 Å². The van der Waals surface area contributed by atoms with Gasteiger partial charge >= 0.3 is 0 Å². The molecule has 0 unspecified atom stereocenters. The third-order valence-corrected chi connectivity index (χ3v) is 5.79. The summed E-state index contributed by atoms with van der Waals surface area (Å²) < 4.78 is 0. The largest absolute Gasteiger partial charge is 0.368 e. The lowest BCUT2D eigenvalue weighted by Crippen LogP contribution is -2.48. The standard InChI is InChI=1S/C20H28ClN5/c21-17-2-3-18-19(16-17)23-5-4-20(18)26-14-12-25(13-15-26)9-1-8-24-10-6-22-7-11-24/h2-5,16,22H,1,6-15H2. The number of aromatic nitrogens is 1. The summed E-state index contributed by atoms with van der Waals surface area (Å²) in [5, 5.41) is 5.37. The molecule has 2 fully saturated rings. The summed E-state index contributed by atoms with van der Waals surface area (Å²) in [4.78, 5) is 12.2. The van der Waals surface area contributed by atoms with Crippen molar-refractivity contribution in [1.29, 1.82) is 0 Å². The van der Waals surface area contributed by atoms with Crippen LogP contribution in [0.3, 0.4) is 0 Å². The highest BCUT2D eigenvalue weighted by Gasteiger charge is 2.19. The molecule has 2 aliphatic rings. The molecule has 6 heteroatoms. The molecule has 0 spiro atoms. The number of nitrogens with zero attached hydrogens (tertiary/aromatic N) is 4. The highest BCUT2D eigenvalue weighted by Crippen LogP contribution is 2.28. The minimum Gasteiger partial charge on any atom is -0.368 e. The van der Waals surface area contributed by atoms with Gasteiger partial charge in [0, 0.05) is 74.7 Å². The predicted octanol–water partition coefficient (Wildman–Crippen LogP) is 2.31. The Morgan fingerprint density at radius 3 is 2.42 bits per heavy atom. The maximum Gasteiger partial charge on any atom is 0.0737 e. The van der Waals surface area contributed by atoms with Crippen LogP contribution in [0.1, 0.15) is 6.42 Å². The van der Waals surface area contributed by atoms with Crippen molar-refractivity contribution in [3.63, 3.8) is 0 Å². The molecule has 0 bridgehead atoms. The number of piperazine rings is 2. The zero-order valence-corrected chi connectivity index (χ0v) is 16.1. The zero-order valence-electron chi connectivity index (χ0n) is 15.3. The van der Waals surface area contributed by atoms with Crippen molar-refractivity contribution in [2.75, 3.05) is 70.3 Å². The van der Waals surface area contributed by atoms with Crippen LogP contribution in [0.5, 0.6) is 0 Å². The van der Waals surface area contributed by atoms with E-state index in [1.807, 2.05) is 18.3 Å². The first-order valence-corrected chi connectivity index (χ1v) is 10.1. The number of halogens is 1. The maximum atomic E-state index is 6.11. The van der Waals surface area contributed by atoms with E-state index in [0.29, 0.717) is 0 Å². The van der Waals surface area contributed by atoms with Crippen molar-refractivity contribution in [3.8, 4) is 0 Å². The van der Waals surface area contributed by atoms with Crippen LogP contribution in [0.25, 0.3) is 10.9 Å². The van der Waals surface area contributed by atoms with Gasteiger partial charge in [0.25, 0.3) is 0 Å². The van der Waals surface area contributed by atoms with E-state index < -0.39 is 0 Å². The van der Waals surface area contributed by atoms with E-state index in [1.54, 1.807) is 0 Å². The number of nitrogens with one attached hydrogen (secondary N) is 1. The van der Waals surface area contributed by atoms with Crippen LogP contribution < -0.4 is 10.2 Å². The molecule has 2 saturated heterocycles. The Hall–Kier alpha value is -1.40. The third-order valence-electron chi connectivity index (χ3n) is 5.55. The number of rotatable bonds is 5. The van der Waals surface area contributed by atoms with Gasteiger partial charge in [-0.2, -0.15) is 0 Å². The van der Waals surface area contributed by atoms with E-state index in [2.05, 4.69) is 37.1 Å². The normalized spacial score (nSPS) is 20.0. The summed E-state index contributed by atoms with van der Waals surface area (Å²) >= 11 is 6.11. The summed E-state index contributed by atoms with van der Waals surface area (Å²) in [7, 11) is 0. The van der Waals surface area contributed by atoms with E-state index in [0.717, 1.165) is 49.8 Å². The van der Waals surface area contributed by atoms with Crippen molar-refractivity contribution in [3.05, 3.63) is 35.5 Å². The molecule has 26 heavy (non-hydrogen) atoms. The lowest BCUT2D eigenvalue weighted by molar-refractivity contribution is 0.205. The highest BCUT2D eigenvalue weighted by atomic mass is 35.5. The molecule has 0 radical (unpaired) electrons. The molecule has 5 nitrogen and oxygen atoms in total. The van der Waals surface area contributed by atoms with Crippen molar-refractivity contribution >= 4 is 28.2 Å². The van der Waals surface area contributed by atoms with Gasteiger partial charge in [0.1, 0.15) is 0 Å². The van der Waals surface area contributed by atoms with Crippen LogP contribution in [-0.4, -0.2) is 80.2 Å². The van der Waals surface area contributed by atoms with Gasteiger partial charge in [-0.1, -0.05) is 11.6 Å². The predicted molar refractivity (Wildman–Crippen MR) is 109 cm³/mol. The average Bonchev–Trinajstić information content (AvgIpc) is 2.69. The van der Waals surface area contributed by atoms with Gasteiger partial charge in [0.15, 0.2) is 0 Å². The number of hydrogen-bond acceptors (Lipinski definition) is 5. The van der Waals surface area contributed by atoms with E-state index in [-0.39, 0.29) is 0 Å². The molecule has 0 saturated carbocycles. The average molecular weight is 374 g/mol. The Bertz CT molecular complexity index is 723. The Kier molecular flexibility index (Phi) is 5.90. The molecule has 2 aliphatic heterocycles. The topological polar surface area (TPSA) is 34.6 Å². The van der Waals surface area contributed by atoms with Gasteiger partial charge in [-0.3, -0.25) is 9.88 Å². The van der Waals surface area contributed by atoms with Gasteiger partial charge in [-0.05, 0) is 43.8 Å². The summed E-state index contributed by atoms with van der Waals surface area (Å²) in [5.74, 6) is 0. The second-order valence-corrected chi connectivity index (χ2v) is 7.70. The van der Waals surface area contributed by atoms with Crippen LogP contribution in [0, 0.1) is 0 Å². The Morgan fingerprint density at radius 1 is 0.923 bits per heavy atom. The first kappa shape index (κ1) is 18.0. The van der Waals surface area contributed by atoms with Crippen LogP contribution in [0.15, 0.2) is 30.5 Å². The number of hydrogen-bond donors (Lipinski definition) is 1. The van der Waals surface area contributed by atoms with E-state index in [4.69, 9.17) is 11.6 Å². The van der Waals surface area contributed by atoms with Crippen LogP contribution in [-0.2, 0) is 0 Å². The van der Waals surface area contributed by atoms with Gasteiger partial charge < -0.3 is 15.1 Å². The fourth-order valence-electron chi connectivity index (χ4n) is 4.05. The second-order valence-electron chi connectivity index (χ2n) is 7.27. The monoisotopic (exact) mass is 373 g/mol. The Morgan fingerprint density at radius 2 is 1.65 bits per heavy atom. The smallest absolute Gasteiger partial charge is 0.0737 e. The highest BCUT2D eigenvalue weighted by molar-refractivity contribution is 6.31. The molecule has 140 valence electrons. The van der Waals surface area contributed by atoms with Crippen LogP contribution in [0.2, 0.25) is 5.02 Å². The molecule has 1 aromatic heterocycles. The van der Waals surface area contributed by atoms with E-state index in [9.17, 15) is 0 Å². The number of fused-ring (bicyclic) bond motifs is 1. The van der Waals surface area contributed by atoms with Gasteiger partial charge in [0.05, 0.1) is 5.52 Å². The summed E-state index contributed by atoms with van der Waals surface area (Å²) in [5.41, 5.74) is 2.26. The number of pyridine rings is 1. The first-order valence-electron chi connectivity index (χ1n) is 9.74. The fraction of sp³-hybridized carbons (Fsp3) is 0.550. The molecule has 2 aromatic rings. The zero-order chi connectivity index (χ0) is 17.8. The molecule has 1 aromatic carbocycles. The summed E-state index contributed by atoms with van der Waals surface area (Å²) in [6.45, 7) is 11.6. The van der Waals surface area contributed by atoms with E-state index >= 15 is 0 Å². The van der Waals surface area contributed by atoms with Crippen molar-refractivity contribution in [2.24, 2.45) is 0 Å². The van der Waals surface area contributed by atoms with Gasteiger partial charge in [-0.25, -0.2) is 0 Å². The molecular weight excluding hydrogens is 346 g/mol. The lowest BCUT2D eigenvalue weighted by Gasteiger charge is -2.37. The molecule has 0 aliphatic carbocycles. The summed E-state index contributed by atoms with van der Waals surface area (Å²) in [6, 6.07) is 8.14. The molecule has 3 heterocycles. The van der Waals surface area contributed by atoms with Crippen molar-refractivity contribution in [2.45, 2.75) is 6.42 Å². The molecule has 4 rings (SSSR count). The quantitative estimate of drug-likeness (QED) is 0.870. The first-order chi connectivity index (χ1) is 12.8. The lowest BCUT2D eigenvalue weighted by atomic mass is 10.1. The third kappa shape index (κ3) is 4.29. The number of anilines is 1. The number of benzene rings is 1. The van der Waals surface area contributed by atoms with Crippen molar-refractivity contribution < 1.29 is 0 Å². The maximum absolute atomic E-state index is 6.11. The molecule has 1 N–H and O–H groups in total. The van der Waals surface area contributed by atoms with Crippen LogP contribution in [0.4, 0.5) is 5.69 Å². The fourth-order valence-corrected chi connectivity index (χ4v) is 4.21. The second kappa shape index (κ2) is 8.53.